The number of aliphatic hydroxyl groups is 1. The van der Waals surface area contributed by atoms with Gasteiger partial charge < -0.3 is 9.84 Å². The number of rotatable bonds is 4. The van der Waals surface area contributed by atoms with E-state index in [1.54, 1.807) is 4.68 Å². The minimum atomic E-state index is -0.0155. The molecule has 0 radical (unpaired) electrons. The molecular formula is C12H14N2O2. The van der Waals surface area contributed by atoms with Gasteiger partial charge in [0.25, 0.3) is 0 Å². The van der Waals surface area contributed by atoms with Crippen molar-refractivity contribution in [2.24, 2.45) is 7.05 Å². The van der Waals surface area contributed by atoms with Crippen LogP contribution >= 0.6 is 0 Å². The average molecular weight is 218 g/mol. The molecule has 1 N–H and O–H groups in total. The van der Waals surface area contributed by atoms with Gasteiger partial charge in [-0.25, -0.2) is 0 Å². The quantitative estimate of drug-likeness (QED) is 0.845. The molecular weight excluding hydrogens is 204 g/mol. The molecule has 2 rings (SSSR count). The number of aryl methyl sites for hydroxylation is 1. The van der Waals surface area contributed by atoms with E-state index < -0.39 is 0 Å². The Morgan fingerprint density at radius 2 is 2.12 bits per heavy atom. The largest absolute Gasteiger partial charge is 0.487 e. The summed E-state index contributed by atoms with van der Waals surface area (Å²) in [6.07, 6.45) is 1.87. The standard InChI is InChI=1S/C12H14N2O2/c1-14-7-6-11(13-14)9-16-12-5-3-2-4-10(12)8-15/h2-7,15H,8-9H2,1H3. The number of aromatic nitrogens is 2. The van der Waals surface area contributed by atoms with Gasteiger partial charge in [0.1, 0.15) is 12.4 Å². The zero-order valence-corrected chi connectivity index (χ0v) is 9.13. The predicted octanol–water partition coefficient (Wildman–Crippen LogP) is 1.49. The molecule has 1 heterocycles. The fourth-order valence-corrected chi connectivity index (χ4v) is 1.47. The number of hydrogen-bond acceptors (Lipinski definition) is 3. The first kappa shape index (κ1) is 10.7. The zero-order valence-electron chi connectivity index (χ0n) is 9.13. The summed E-state index contributed by atoms with van der Waals surface area (Å²) in [6, 6.07) is 9.34. The Labute approximate surface area is 94.1 Å². The molecule has 0 atom stereocenters. The summed E-state index contributed by atoms with van der Waals surface area (Å²) in [6.45, 7) is 0.399. The molecule has 1 aromatic heterocycles. The third-order valence-corrected chi connectivity index (χ3v) is 2.29. The van der Waals surface area contributed by atoms with Crippen LogP contribution in [0, 0.1) is 0 Å². The van der Waals surface area contributed by atoms with E-state index >= 15 is 0 Å². The van der Waals surface area contributed by atoms with E-state index in [1.807, 2.05) is 43.6 Å². The highest BCUT2D eigenvalue weighted by Gasteiger charge is 2.03. The van der Waals surface area contributed by atoms with Crippen molar-refractivity contribution in [2.75, 3.05) is 0 Å². The molecule has 0 spiro atoms. The second-order valence-corrected chi connectivity index (χ2v) is 3.54. The molecule has 0 aliphatic carbocycles. The maximum Gasteiger partial charge on any atom is 0.132 e. The summed E-state index contributed by atoms with van der Waals surface area (Å²) in [7, 11) is 1.87. The summed E-state index contributed by atoms with van der Waals surface area (Å²) in [5.74, 6) is 0.704. The molecule has 4 nitrogen and oxygen atoms in total. The van der Waals surface area contributed by atoms with Crippen LogP contribution in [0.2, 0.25) is 0 Å². The van der Waals surface area contributed by atoms with Gasteiger partial charge >= 0.3 is 0 Å². The zero-order chi connectivity index (χ0) is 11.4. The highest BCUT2D eigenvalue weighted by Crippen LogP contribution is 2.18. The SMILES string of the molecule is Cn1ccc(COc2ccccc2CO)n1. The number of benzene rings is 1. The lowest BCUT2D eigenvalue weighted by Gasteiger charge is -2.08. The number of nitrogens with zero attached hydrogens (tertiary/aromatic N) is 2. The first-order chi connectivity index (χ1) is 7.79. The van der Waals surface area contributed by atoms with Crippen LogP contribution in [-0.2, 0) is 20.3 Å². The molecule has 84 valence electrons. The molecule has 0 amide bonds. The molecule has 0 saturated heterocycles. The second kappa shape index (κ2) is 4.81. The van der Waals surface area contributed by atoms with Gasteiger partial charge in [-0.1, -0.05) is 18.2 Å². The highest BCUT2D eigenvalue weighted by molar-refractivity contribution is 5.32. The lowest BCUT2D eigenvalue weighted by molar-refractivity contribution is 0.257. The number of ether oxygens (including phenoxy) is 1. The number of hydrogen-bond donors (Lipinski definition) is 1. The number of para-hydroxylation sites is 1. The third-order valence-electron chi connectivity index (χ3n) is 2.29. The summed E-state index contributed by atoms with van der Waals surface area (Å²) < 4.78 is 7.32. The third kappa shape index (κ3) is 2.41. The lowest BCUT2D eigenvalue weighted by Crippen LogP contribution is -2.00. The van der Waals surface area contributed by atoms with Crippen molar-refractivity contribution in [1.82, 2.24) is 9.78 Å². The van der Waals surface area contributed by atoms with Crippen LogP contribution in [0.5, 0.6) is 5.75 Å². The van der Waals surface area contributed by atoms with Crippen molar-refractivity contribution in [2.45, 2.75) is 13.2 Å². The summed E-state index contributed by atoms with van der Waals surface area (Å²) in [5, 5.41) is 13.3. The van der Waals surface area contributed by atoms with Crippen molar-refractivity contribution < 1.29 is 9.84 Å². The van der Waals surface area contributed by atoms with E-state index in [1.165, 1.54) is 0 Å². The fraction of sp³-hybridized carbons (Fsp3) is 0.250. The van der Waals surface area contributed by atoms with Gasteiger partial charge in [-0.3, -0.25) is 4.68 Å². The lowest BCUT2D eigenvalue weighted by atomic mass is 10.2. The molecule has 1 aromatic carbocycles. The molecule has 0 bridgehead atoms. The van der Waals surface area contributed by atoms with Crippen LogP contribution in [0.4, 0.5) is 0 Å². The van der Waals surface area contributed by atoms with Gasteiger partial charge in [-0.15, -0.1) is 0 Å². The van der Waals surface area contributed by atoms with Gasteiger partial charge in [-0.2, -0.15) is 5.10 Å². The van der Waals surface area contributed by atoms with E-state index in [0.717, 1.165) is 11.3 Å². The minimum Gasteiger partial charge on any atom is -0.487 e. The van der Waals surface area contributed by atoms with Gasteiger partial charge in [0.05, 0.1) is 12.3 Å². The fourth-order valence-electron chi connectivity index (χ4n) is 1.47. The first-order valence-electron chi connectivity index (χ1n) is 5.09. The Hall–Kier alpha value is -1.81. The van der Waals surface area contributed by atoms with Crippen molar-refractivity contribution in [3.8, 4) is 5.75 Å². The maximum atomic E-state index is 9.12. The van der Waals surface area contributed by atoms with Crippen LogP contribution in [0.15, 0.2) is 36.5 Å². The Balaban J connectivity index is 2.04. The number of aliphatic hydroxyl groups excluding tert-OH is 1. The van der Waals surface area contributed by atoms with Crippen LogP contribution in [0.25, 0.3) is 0 Å². The molecule has 0 aliphatic rings. The Morgan fingerprint density at radius 1 is 1.31 bits per heavy atom. The molecule has 0 unspecified atom stereocenters. The van der Waals surface area contributed by atoms with Gasteiger partial charge in [0, 0.05) is 18.8 Å². The average Bonchev–Trinajstić information content (AvgIpc) is 2.73. The van der Waals surface area contributed by atoms with Crippen molar-refractivity contribution in [3.63, 3.8) is 0 Å². The Morgan fingerprint density at radius 3 is 2.81 bits per heavy atom. The van der Waals surface area contributed by atoms with Gasteiger partial charge in [0.2, 0.25) is 0 Å². The summed E-state index contributed by atoms with van der Waals surface area (Å²) in [4.78, 5) is 0. The van der Waals surface area contributed by atoms with Crippen molar-refractivity contribution >= 4 is 0 Å². The monoisotopic (exact) mass is 218 g/mol. The molecule has 16 heavy (non-hydrogen) atoms. The van der Waals surface area contributed by atoms with Gasteiger partial charge in [0.15, 0.2) is 0 Å². The molecule has 2 aromatic rings. The van der Waals surface area contributed by atoms with Crippen molar-refractivity contribution in [1.29, 1.82) is 0 Å². The smallest absolute Gasteiger partial charge is 0.132 e. The van der Waals surface area contributed by atoms with E-state index in [0.29, 0.717) is 12.4 Å². The van der Waals surface area contributed by atoms with E-state index in [2.05, 4.69) is 5.10 Å². The predicted molar refractivity (Wildman–Crippen MR) is 59.9 cm³/mol. The normalized spacial score (nSPS) is 10.4. The van der Waals surface area contributed by atoms with E-state index in [9.17, 15) is 0 Å². The summed E-state index contributed by atoms with van der Waals surface area (Å²) in [5.41, 5.74) is 1.66. The highest BCUT2D eigenvalue weighted by atomic mass is 16.5. The van der Waals surface area contributed by atoms with Crippen LogP contribution in [0.1, 0.15) is 11.3 Å². The van der Waals surface area contributed by atoms with Crippen LogP contribution in [-0.4, -0.2) is 14.9 Å². The molecule has 0 aliphatic heterocycles. The Bertz CT molecular complexity index is 466. The van der Waals surface area contributed by atoms with Crippen LogP contribution < -0.4 is 4.74 Å². The van der Waals surface area contributed by atoms with E-state index in [-0.39, 0.29) is 6.61 Å². The van der Waals surface area contributed by atoms with Gasteiger partial charge in [-0.05, 0) is 12.1 Å². The Kier molecular flexibility index (Phi) is 3.22. The van der Waals surface area contributed by atoms with E-state index in [4.69, 9.17) is 9.84 Å². The minimum absolute atomic E-state index is 0.0155. The second-order valence-electron chi connectivity index (χ2n) is 3.54. The molecule has 4 heteroatoms. The summed E-state index contributed by atoms with van der Waals surface area (Å²) >= 11 is 0. The van der Waals surface area contributed by atoms with Crippen LogP contribution in [0.3, 0.4) is 0 Å². The molecule has 0 fully saturated rings. The topological polar surface area (TPSA) is 47.3 Å². The molecule has 0 saturated carbocycles. The van der Waals surface area contributed by atoms with Crippen molar-refractivity contribution in [3.05, 3.63) is 47.8 Å². The first-order valence-corrected chi connectivity index (χ1v) is 5.09. The maximum absolute atomic E-state index is 9.12.